The SMILES string of the molecule is O=C(O)c1cc(F)cc(-c2cnc(C(F)(F)F)s2)c1. The summed E-state index contributed by atoms with van der Waals surface area (Å²) in [5.74, 6) is -2.20. The summed E-state index contributed by atoms with van der Waals surface area (Å²) in [6.45, 7) is 0. The van der Waals surface area contributed by atoms with Gasteiger partial charge in [0, 0.05) is 6.20 Å². The average Bonchev–Trinajstić information content (AvgIpc) is 2.76. The van der Waals surface area contributed by atoms with Crippen molar-refractivity contribution in [2.24, 2.45) is 0 Å². The molecular formula is C11H5F4NO2S. The van der Waals surface area contributed by atoms with Crippen molar-refractivity contribution >= 4 is 17.3 Å². The molecule has 2 aromatic rings. The van der Waals surface area contributed by atoms with Crippen LogP contribution in [0.2, 0.25) is 0 Å². The van der Waals surface area contributed by atoms with Gasteiger partial charge >= 0.3 is 12.1 Å². The van der Waals surface area contributed by atoms with E-state index >= 15 is 0 Å². The van der Waals surface area contributed by atoms with E-state index in [0.717, 1.165) is 24.4 Å². The molecule has 0 aliphatic heterocycles. The standard InChI is InChI=1S/C11H5F4NO2S/c12-7-2-5(1-6(3-7)9(17)18)8-4-16-10(19-8)11(13,14)15/h1-4H,(H,17,18). The van der Waals surface area contributed by atoms with E-state index < -0.39 is 23.0 Å². The van der Waals surface area contributed by atoms with E-state index in [1.165, 1.54) is 0 Å². The van der Waals surface area contributed by atoms with Crippen LogP contribution in [0.15, 0.2) is 24.4 Å². The van der Waals surface area contributed by atoms with Crippen LogP contribution in [0.25, 0.3) is 10.4 Å². The molecule has 0 saturated heterocycles. The molecule has 0 unspecified atom stereocenters. The average molecular weight is 291 g/mol. The van der Waals surface area contributed by atoms with Gasteiger partial charge in [-0.05, 0) is 23.8 Å². The second-order valence-electron chi connectivity index (χ2n) is 3.56. The normalized spacial score (nSPS) is 11.6. The van der Waals surface area contributed by atoms with Gasteiger partial charge < -0.3 is 5.11 Å². The van der Waals surface area contributed by atoms with Crippen LogP contribution < -0.4 is 0 Å². The highest BCUT2D eigenvalue weighted by Crippen LogP contribution is 2.36. The topological polar surface area (TPSA) is 50.2 Å². The molecule has 1 aromatic carbocycles. The zero-order chi connectivity index (χ0) is 14.2. The fraction of sp³-hybridized carbons (Fsp3) is 0.0909. The maximum atomic E-state index is 13.2. The third kappa shape index (κ3) is 2.90. The number of thiazole rings is 1. The summed E-state index contributed by atoms with van der Waals surface area (Å²) in [6.07, 6.45) is -3.64. The van der Waals surface area contributed by atoms with Crippen molar-refractivity contribution in [3.8, 4) is 10.4 Å². The molecule has 2 rings (SSSR count). The Morgan fingerprint density at radius 1 is 1.26 bits per heavy atom. The molecule has 0 fully saturated rings. The fourth-order valence-corrected chi connectivity index (χ4v) is 2.16. The van der Waals surface area contributed by atoms with Gasteiger partial charge in [0.1, 0.15) is 5.82 Å². The molecule has 0 amide bonds. The highest BCUT2D eigenvalue weighted by molar-refractivity contribution is 7.15. The maximum Gasteiger partial charge on any atom is 0.443 e. The van der Waals surface area contributed by atoms with Crippen LogP contribution in [0.4, 0.5) is 17.6 Å². The fourth-order valence-electron chi connectivity index (χ4n) is 1.39. The number of benzene rings is 1. The Balaban J connectivity index is 2.47. The first-order valence-corrected chi connectivity index (χ1v) is 5.66. The zero-order valence-corrected chi connectivity index (χ0v) is 9.85. The summed E-state index contributed by atoms with van der Waals surface area (Å²) in [5.41, 5.74) is -0.289. The molecule has 0 aliphatic rings. The van der Waals surface area contributed by atoms with Crippen LogP contribution in [0.3, 0.4) is 0 Å². The van der Waals surface area contributed by atoms with Gasteiger partial charge in [0.05, 0.1) is 10.4 Å². The summed E-state index contributed by atoms with van der Waals surface area (Å²) in [6, 6.07) is 2.84. The zero-order valence-electron chi connectivity index (χ0n) is 9.03. The summed E-state index contributed by atoms with van der Waals surface area (Å²) in [7, 11) is 0. The van der Waals surface area contributed by atoms with Crippen molar-refractivity contribution in [2.75, 3.05) is 0 Å². The van der Waals surface area contributed by atoms with Gasteiger partial charge in [-0.1, -0.05) is 0 Å². The number of hydrogen-bond donors (Lipinski definition) is 1. The lowest BCUT2D eigenvalue weighted by Crippen LogP contribution is -2.02. The molecule has 1 N–H and O–H groups in total. The van der Waals surface area contributed by atoms with Crippen molar-refractivity contribution in [1.29, 1.82) is 0 Å². The summed E-state index contributed by atoms with van der Waals surface area (Å²) in [4.78, 5) is 14.0. The lowest BCUT2D eigenvalue weighted by Gasteiger charge is -2.01. The van der Waals surface area contributed by atoms with Crippen LogP contribution in [0.5, 0.6) is 0 Å². The van der Waals surface area contributed by atoms with Gasteiger partial charge in [-0.3, -0.25) is 0 Å². The number of carboxylic acid groups (broad SMARTS) is 1. The molecule has 19 heavy (non-hydrogen) atoms. The number of carbonyl (C=O) groups is 1. The summed E-state index contributed by atoms with van der Waals surface area (Å²) >= 11 is 0.326. The van der Waals surface area contributed by atoms with Crippen molar-refractivity contribution in [1.82, 2.24) is 4.98 Å². The first-order valence-electron chi connectivity index (χ1n) is 4.84. The Labute approximate surface area is 108 Å². The predicted octanol–water partition coefficient (Wildman–Crippen LogP) is 3.67. The summed E-state index contributed by atoms with van der Waals surface area (Å²) < 4.78 is 50.4. The number of aromatic nitrogens is 1. The predicted molar refractivity (Wildman–Crippen MR) is 59.5 cm³/mol. The Kier molecular flexibility index (Phi) is 3.27. The number of halogens is 4. The van der Waals surface area contributed by atoms with Crippen LogP contribution in [0, 0.1) is 5.82 Å². The molecule has 0 aliphatic carbocycles. The van der Waals surface area contributed by atoms with E-state index in [1.54, 1.807) is 0 Å². The van der Waals surface area contributed by atoms with Crippen LogP contribution >= 0.6 is 11.3 Å². The minimum atomic E-state index is -4.58. The maximum absolute atomic E-state index is 13.2. The van der Waals surface area contributed by atoms with Crippen molar-refractivity contribution in [3.63, 3.8) is 0 Å². The second kappa shape index (κ2) is 4.61. The van der Waals surface area contributed by atoms with E-state index in [4.69, 9.17) is 5.11 Å². The third-order valence-electron chi connectivity index (χ3n) is 2.18. The number of alkyl halides is 3. The molecule has 1 aromatic heterocycles. The molecule has 1 heterocycles. The quantitative estimate of drug-likeness (QED) is 0.859. The molecule has 8 heteroatoms. The molecule has 3 nitrogen and oxygen atoms in total. The highest BCUT2D eigenvalue weighted by atomic mass is 32.1. The van der Waals surface area contributed by atoms with E-state index in [1.807, 2.05) is 0 Å². The summed E-state index contributed by atoms with van der Waals surface area (Å²) in [5, 5.41) is 7.69. The molecule has 0 bridgehead atoms. The van der Waals surface area contributed by atoms with E-state index in [9.17, 15) is 22.4 Å². The van der Waals surface area contributed by atoms with Gasteiger partial charge in [-0.25, -0.2) is 14.2 Å². The Morgan fingerprint density at radius 3 is 2.47 bits per heavy atom. The van der Waals surface area contributed by atoms with Gasteiger partial charge in [-0.2, -0.15) is 13.2 Å². The minimum Gasteiger partial charge on any atom is -0.478 e. The molecule has 100 valence electrons. The first-order chi connectivity index (χ1) is 8.77. The van der Waals surface area contributed by atoms with Crippen LogP contribution in [0.1, 0.15) is 15.4 Å². The van der Waals surface area contributed by atoms with E-state index in [2.05, 4.69) is 4.98 Å². The Hall–Kier alpha value is -1.96. The van der Waals surface area contributed by atoms with Crippen LogP contribution in [-0.2, 0) is 6.18 Å². The lowest BCUT2D eigenvalue weighted by atomic mass is 10.1. The van der Waals surface area contributed by atoms with Gasteiger partial charge in [0.2, 0.25) is 0 Å². The monoisotopic (exact) mass is 291 g/mol. The number of hydrogen-bond acceptors (Lipinski definition) is 3. The minimum absolute atomic E-state index is 0.0467. The van der Waals surface area contributed by atoms with Crippen molar-refractivity contribution < 1.29 is 27.5 Å². The van der Waals surface area contributed by atoms with Gasteiger partial charge in [0.25, 0.3) is 0 Å². The molecule has 0 saturated carbocycles. The lowest BCUT2D eigenvalue weighted by molar-refractivity contribution is -0.137. The molecular weight excluding hydrogens is 286 g/mol. The third-order valence-corrected chi connectivity index (χ3v) is 3.27. The van der Waals surface area contributed by atoms with E-state index in [0.29, 0.717) is 11.3 Å². The number of rotatable bonds is 2. The largest absolute Gasteiger partial charge is 0.478 e. The smallest absolute Gasteiger partial charge is 0.443 e. The molecule has 0 radical (unpaired) electrons. The van der Waals surface area contributed by atoms with E-state index in [-0.39, 0.29) is 16.0 Å². The Morgan fingerprint density at radius 2 is 1.95 bits per heavy atom. The van der Waals surface area contributed by atoms with Crippen molar-refractivity contribution in [3.05, 3.63) is 40.8 Å². The first kappa shape index (κ1) is 13.5. The molecule has 0 atom stereocenters. The number of nitrogens with zero attached hydrogens (tertiary/aromatic N) is 1. The number of aromatic carboxylic acids is 1. The van der Waals surface area contributed by atoms with Gasteiger partial charge in [0.15, 0.2) is 5.01 Å². The molecule has 0 spiro atoms. The second-order valence-corrected chi connectivity index (χ2v) is 4.59. The highest BCUT2D eigenvalue weighted by Gasteiger charge is 2.34. The number of carboxylic acids is 1. The van der Waals surface area contributed by atoms with Crippen LogP contribution in [-0.4, -0.2) is 16.1 Å². The van der Waals surface area contributed by atoms with Gasteiger partial charge in [-0.15, -0.1) is 11.3 Å². The Bertz CT molecular complexity index is 636. The van der Waals surface area contributed by atoms with Crippen molar-refractivity contribution in [2.45, 2.75) is 6.18 Å².